The molecule has 100 valence electrons. The van der Waals surface area contributed by atoms with Crippen molar-refractivity contribution in [3.05, 3.63) is 58.8 Å². The Morgan fingerprint density at radius 1 is 0.895 bits per heavy atom. The van der Waals surface area contributed by atoms with Crippen molar-refractivity contribution in [2.24, 2.45) is 0 Å². The van der Waals surface area contributed by atoms with Gasteiger partial charge < -0.3 is 9.80 Å². The molecule has 0 heterocycles. The van der Waals surface area contributed by atoms with E-state index >= 15 is 0 Å². The summed E-state index contributed by atoms with van der Waals surface area (Å²) in [5.41, 5.74) is 8.44. The second kappa shape index (κ2) is 6.03. The zero-order chi connectivity index (χ0) is 13.8. The van der Waals surface area contributed by atoms with Gasteiger partial charge in [-0.2, -0.15) is 0 Å². The number of allylic oxidation sites excluding steroid dienone is 3. The monoisotopic (exact) mass is 254 g/mol. The van der Waals surface area contributed by atoms with Gasteiger partial charge in [0.25, 0.3) is 0 Å². The van der Waals surface area contributed by atoms with Crippen LogP contribution >= 0.6 is 0 Å². The van der Waals surface area contributed by atoms with Crippen molar-refractivity contribution in [2.75, 3.05) is 28.2 Å². The lowest BCUT2D eigenvalue weighted by atomic mass is 10.00. The van der Waals surface area contributed by atoms with Crippen LogP contribution < -0.4 is 0 Å². The molecule has 2 heteroatoms. The number of rotatable bonds is 5. The van der Waals surface area contributed by atoms with Gasteiger partial charge in [-0.05, 0) is 69.2 Å². The molecule has 1 aromatic rings. The normalized spacial score (nSPS) is 13.7. The van der Waals surface area contributed by atoms with Crippen LogP contribution in [0.5, 0.6) is 0 Å². The lowest BCUT2D eigenvalue weighted by molar-refractivity contribution is 0.395. The van der Waals surface area contributed by atoms with Crippen LogP contribution in [-0.4, -0.2) is 38.0 Å². The summed E-state index contributed by atoms with van der Waals surface area (Å²) in [5.74, 6) is 0. The Balaban J connectivity index is 2.36. The fourth-order valence-electron chi connectivity index (χ4n) is 2.34. The van der Waals surface area contributed by atoms with E-state index < -0.39 is 0 Å². The van der Waals surface area contributed by atoms with E-state index in [0.717, 1.165) is 13.1 Å². The third-order valence-corrected chi connectivity index (χ3v) is 2.96. The van der Waals surface area contributed by atoms with Gasteiger partial charge in [0.1, 0.15) is 0 Å². The van der Waals surface area contributed by atoms with Crippen molar-refractivity contribution in [2.45, 2.75) is 13.1 Å². The average molecular weight is 254 g/mol. The highest BCUT2D eigenvalue weighted by Gasteiger charge is 2.06. The summed E-state index contributed by atoms with van der Waals surface area (Å²) < 4.78 is 0. The van der Waals surface area contributed by atoms with Crippen LogP contribution in [0.2, 0.25) is 0 Å². The fourth-order valence-corrected chi connectivity index (χ4v) is 2.34. The Labute approximate surface area is 116 Å². The van der Waals surface area contributed by atoms with E-state index in [0.29, 0.717) is 0 Å². The Morgan fingerprint density at radius 2 is 1.47 bits per heavy atom. The number of hydrogen-bond acceptors (Lipinski definition) is 2. The topological polar surface area (TPSA) is 6.48 Å². The molecular formula is C17H22N2. The highest BCUT2D eigenvalue weighted by Crippen LogP contribution is 2.22. The highest BCUT2D eigenvalue weighted by atomic mass is 15.1. The molecule has 2 rings (SSSR count). The Hall–Kier alpha value is -1.60. The van der Waals surface area contributed by atoms with Gasteiger partial charge in [0.2, 0.25) is 0 Å². The van der Waals surface area contributed by atoms with Crippen LogP contribution in [0.25, 0.3) is 5.57 Å². The molecule has 0 unspecified atom stereocenters. The van der Waals surface area contributed by atoms with Gasteiger partial charge in [-0.15, -0.1) is 5.73 Å². The molecule has 0 amide bonds. The molecule has 19 heavy (non-hydrogen) atoms. The quantitative estimate of drug-likeness (QED) is 0.745. The second-order valence-electron chi connectivity index (χ2n) is 5.60. The third kappa shape index (κ3) is 3.93. The molecule has 1 aliphatic carbocycles. The number of nitrogens with zero attached hydrogens (tertiary/aromatic N) is 2. The van der Waals surface area contributed by atoms with Gasteiger partial charge in [0.15, 0.2) is 0 Å². The number of benzene rings is 1. The zero-order valence-corrected chi connectivity index (χ0v) is 12.3. The Bertz CT molecular complexity index is 516. The minimum Gasteiger partial charge on any atom is -0.305 e. The van der Waals surface area contributed by atoms with E-state index in [4.69, 9.17) is 0 Å². The minimum absolute atomic E-state index is 0.967. The number of hydrogen-bond donors (Lipinski definition) is 0. The van der Waals surface area contributed by atoms with Gasteiger partial charge >= 0.3 is 0 Å². The van der Waals surface area contributed by atoms with Crippen molar-refractivity contribution in [1.82, 2.24) is 9.80 Å². The van der Waals surface area contributed by atoms with Crippen LogP contribution in [-0.2, 0) is 13.1 Å². The minimum atomic E-state index is 0.967. The van der Waals surface area contributed by atoms with Crippen LogP contribution in [0.15, 0.2) is 42.2 Å². The van der Waals surface area contributed by atoms with E-state index in [1.165, 1.54) is 22.3 Å². The molecule has 1 aromatic carbocycles. The van der Waals surface area contributed by atoms with Crippen molar-refractivity contribution < 1.29 is 0 Å². The molecule has 0 saturated heterocycles. The molecule has 0 fully saturated rings. The maximum atomic E-state index is 3.29. The van der Waals surface area contributed by atoms with E-state index in [9.17, 15) is 0 Å². The van der Waals surface area contributed by atoms with Gasteiger partial charge in [-0.25, -0.2) is 0 Å². The van der Waals surface area contributed by atoms with Crippen molar-refractivity contribution in [1.29, 1.82) is 0 Å². The predicted octanol–water partition coefficient (Wildman–Crippen LogP) is 2.92. The lowest BCUT2D eigenvalue weighted by Gasteiger charge is -2.15. The molecule has 2 nitrogen and oxygen atoms in total. The molecule has 0 bridgehead atoms. The molecule has 0 aromatic heterocycles. The third-order valence-electron chi connectivity index (χ3n) is 2.96. The molecule has 0 aliphatic heterocycles. The smallest absolute Gasteiger partial charge is 0.0237 e. The Morgan fingerprint density at radius 3 is 1.89 bits per heavy atom. The fraction of sp³-hybridized carbons (Fsp3) is 0.353. The zero-order valence-electron chi connectivity index (χ0n) is 12.3. The van der Waals surface area contributed by atoms with Gasteiger partial charge in [0.05, 0.1) is 0 Å². The SMILES string of the molecule is CN(C)Cc1cc(CN(C)C)cc(C2=C=CC=C2)c1. The molecule has 1 aliphatic rings. The highest BCUT2D eigenvalue weighted by molar-refractivity contribution is 5.76. The second-order valence-corrected chi connectivity index (χ2v) is 5.60. The summed E-state index contributed by atoms with van der Waals surface area (Å²) in [6.07, 6.45) is 6.13. The van der Waals surface area contributed by atoms with Crippen molar-refractivity contribution in [3.63, 3.8) is 0 Å². The molecule has 0 radical (unpaired) electrons. The van der Waals surface area contributed by atoms with Crippen LogP contribution in [0.3, 0.4) is 0 Å². The van der Waals surface area contributed by atoms with Crippen LogP contribution in [0.4, 0.5) is 0 Å². The summed E-state index contributed by atoms with van der Waals surface area (Å²) in [6, 6.07) is 6.84. The summed E-state index contributed by atoms with van der Waals surface area (Å²) in [4.78, 5) is 4.40. The molecule has 0 atom stereocenters. The predicted molar refractivity (Wildman–Crippen MR) is 81.9 cm³/mol. The van der Waals surface area contributed by atoms with E-state index in [1.807, 2.05) is 12.2 Å². The maximum absolute atomic E-state index is 3.29. The van der Waals surface area contributed by atoms with E-state index in [1.54, 1.807) is 0 Å². The largest absolute Gasteiger partial charge is 0.305 e. The first-order valence-corrected chi connectivity index (χ1v) is 6.60. The van der Waals surface area contributed by atoms with Gasteiger partial charge in [-0.1, -0.05) is 12.1 Å². The first-order valence-electron chi connectivity index (χ1n) is 6.60. The van der Waals surface area contributed by atoms with Crippen LogP contribution in [0, 0.1) is 0 Å². The average Bonchev–Trinajstić information content (AvgIpc) is 2.79. The summed E-state index contributed by atoms with van der Waals surface area (Å²) in [5, 5.41) is 0. The first-order chi connectivity index (χ1) is 9.04. The lowest BCUT2D eigenvalue weighted by Crippen LogP contribution is -2.13. The van der Waals surface area contributed by atoms with E-state index in [-0.39, 0.29) is 0 Å². The summed E-state index contributed by atoms with van der Waals surface area (Å²) in [7, 11) is 8.42. The summed E-state index contributed by atoms with van der Waals surface area (Å²) >= 11 is 0. The summed E-state index contributed by atoms with van der Waals surface area (Å²) in [6.45, 7) is 1.93. The van der Waals surface area contributed by atoms with Crippen molar-refractivity contribution in [3.8, 4) is 0 Å². The van der Waals surface area contributed by atoms with Gasteiger partial charge in [-0.3, -0.25) is 0 Å². The van der Waals surface area contributed by atoms with Crippen LogP contribution in [0.1, 0.15) is 16.7 Å². The standard InChI is InChI=1S/C17H22N2/c1-18(2)12-14-9-15(13-19(3)4)11-17(10-14)16-7-5-6-8-16/h5-7,9-11H,12-13H2,1-4H3. The molecular weight excluding hydrogens is 232 g/mol. The maximum Gasteiger partial charge on any atom is 0.0237 e. The van der Waals surface area contributed by atoms with E-state index in [2.05, 4.69) is 68.0 Å². The Kier molecular flexibility index (Phi) is 4.39. The molecule has 0 N–H and O–H groups in total. The van der Waals surface area contributed by atoms with Crippen molar-refractivity contribution >= 4 is 5.57 Å². The van der Waals surface area contributed by atoms with Gasteiger partial charge in [0, 0.05) is 18.7 Å². The first kappa shape index (κ1) is 13.8. The molecule has 0 saturated carbocycles. The molecule has 0 spiro atoms.